The van der Waals surface area contributed by atoms with Gasteiger partial charge in [0.1, 0.15) is 30.5 Å². The molecule has 0 aliphatic carbocycles. The van der Waals surface area contributed by atoms with Gasteiger partial charge in [0.05, 0.1) is 19.8 Å². The summed E-state index contributed by atoms with van der Waals surface area (Å²) in [6.45, 7) is 4.31. The number of hydrogen-bond acceptors (Lipinski definition) is 9. The van der Waals surface area contributed by atoms with Gasteiger partial charge in [0, 0.05) is 13.0 Å². The average molecular weight is 801 g/mol. The highest BCUT2D eigenvalue weighted by Crippen LogP contribution is 2.22. The second-order valence-electron chi connectivity index (χ2n) is 14.8. The van der Waals surface area contributed by atoms with Crippen LogP contribution in [0.4, 0.5) is 0 Å². The Morgan fingerprint density at radius 3 is 1.61 bits per heavy atom. The van der Waals surface area contributed by atoms with Gasteiger partial charge < -0.3 is 39.4 Å². The molecule has 1 aliphatic rings. The maximum Gasteiger partial charge on any atom is 0.306 e. The van der Waals surface area contributed by atoms with E-state index in [1.54, 1.807) is 0 Å². The minimum atomic E-state index is -1.55. The Hall–Kier alpha value is -2.63. The van der Waals surface area contributed by atoms with Gasteiger partial charge in [-0.1, -0.05) is 150 Å². The summed E-state index contributed by atoms with van der Waals surface area (Å²) < 4.78 is 22.7. The van der Waals surface area contributed by atoms with Crippen molar-refractivity contribution in [3.8, 4) is 0 Å². The summed E-state index contributed by atoms with van der Waals surface area (Å²) in [5.74, 6) is -0.401. The molecule has 6 unspecified atom stereocenters. The molecule has 57 heavy (non-hydrogen) atoms. The van der Waals surface area contributed by atoms with Crippen molar-refractivity contribution in [1.29, 1.82) is 0 Å². The number of ether oxygens (including phenoxy) is 4. The molecule has 1 saturated heterocycles. The van der Waals surface area contributed by atoms with E-state index in [1.807, 2.05) is 12.2 Å². The lowest BCUT2D eigenvalue weighted by atomic mass is 9.99. The highest BCUT2D eigenvalue weighted by Gasteiger charge is 2.44. The van der Waals surface area contributed by atoms with Gasteiger partial charge in [-0.25, -0.2) is 0 Å². The SMILES string of the molecule is CC/C=C\C/C=C\C/C=C\C/C=C\C/C=C\C/C=C\CCC(=O)OC(COCCCCCCCC/C=C\CCCCCCC)COC1OC(CO)C(O)C(O)C1O. The molecule has 0 aromatic heterocycles. The predicted octanol–water partition coefficient (Wildman–Crippen LogP) is 9.86. The summed E-state index contributed by atoms with van der Waals surface area (Å²) in [7, 11) is 0. The van der Waals surface area contributed by atoms with E-state index in [4.69, 9.17) is 18.9 Å². The van der Waals surface area contributed by atoms with Crippen LogP contribution in [0.25, 0.3) is 0 Å². The molecule has 0 aromatic carbocycles. The molecule has 0 bridgehead atoms. The highest BCUT2D eigenvalue weighted by molar-refractivity contribution is 5.69. The van der Waals surface area contributed by atoms with Crippen LogP contribution in [0.15, 0.2) is 85.1 Å². The van der Waals surface area contributed by atoms with E-state index in [2.05, 4.69) is 86.8 Å². The zero-order chi connectivity index (χ0) is 41.4. The van der Waals surface area contributed by atoms with Gasteiger partial charge in [-0.3, -0.25) is 4.79 Å². The topological polar surface area (TPSA) is 135 Å². The molecule has 6 atom stereocenters. The second kappa shape index (κ2) is 38.9. The van der Waals surface area contributed by atoms with Crippen molar-refractivity contribution in [3.63, 3.8) is 0 Å². The Morgan fingerprint density at radius 1 is 0.579 bits per heavy atom. The van der Waals surface area contributed by atoms with Crippen LogP contribution in [0, 0.1) is 0 Å². The van der Waals surface area contributed by atoms with Crippen LogP contribution < -0.4 is 0 Å². The molecule has 0 saturated carbocycles. The number of unbranched alkanes of at least 4 members (excludes halogenated alkanes) is 11. The molecule has 0 amide bonds. The first-order chi connectivity index (χ1) is 27.9. The number of rotatable bonds is 36. The fraction of sp³-hybridized carbons (Fsp3) is 0.688. The molecule has 9 nitrogen and oxygen atoms in total. The van der Waals surface area contributed by atoms with Crippen molar-refractivity contribution in [1.82, 2.24) is 0 Å². The van der Waals surface area contributed by atoms with Crippen LogP contribution in [-0.4, -0.2) is 89.6 Å². The van der Waals surface area contributed by atoms with Crippen molar-refractivity contribution in [3.05, 3.63) is 85.1 Å². The molecular weight excluding hydrogens is 721 g/mol. The Labute approximate surface area is 346 Å². The number of carbonyl (C=O) groups excluding carboxylic acids is 1. The Kier molecular flexibility index (Phi) is 35.7. The summed E-state index contributed by atoms with van der Waals surface area (Å²) in [4.78, 5) is 12.7. The van der Waals surface area contributed by atoms with Gasteiger partial charge in [0.25, 0.3) is 0 Å². The Bertz CT molecular complexity index is 1140. The molecule has 9 heteroatoms. The zero-order valence-corrected chi connectivity index (χ0v) is 35.6. The van der Waals surface area contributed by atoms with E-state index >= 15 is 0 Å². The Balaban J connectivity index is 2.35. The lowest BCUT2D eigenvalue weighted by Gasteiger charge is -2.39. The van der Waals surface area contributed by atoms with Gasteiger partial charge >= 0.3 is 5.97 Å². The van der Waals surface area contributed by atoms with Gasteiger partial charge in [-0.15, -0.1) is 0 Å². The molecule has 4 N–H and O–H groups in total. The van der Waals surface area contributed by atoms with Gasteiger partial charge in [-0.05, 0) is 77.0 Å². The van der Waals surface area contributed by atoms with E-state index in [0.717, 1.165) is 64.2 Å². The molecule has 0 radical (unpaired) electrons. The minimum absolute atomic E-state index is 0.105. The molecule has 326 valence electrons. The van der Waals surface area contributed by atoms with E-state index in [0.29, 0.717) is 13.0 Å². The van der Waals surface area contributed by atoms with Crippen LogP contribution in [-0.2, 0) is 23.7 Å². The van der Waals surface area contributed by atoms with E-state index in [1.165, 1.54) is 57.8 Å². The summed E-state index contributed by atoms with van der Waals surface area (Å²) in [6.07, 6.45) is 44.7. The van der Waals surface area contributed by atoms with Crippen molar-refractivity contribution >= 4 is 5.97 Å². The molecule has 0 spiro atoms. The minimum Gasteiger partial charge on any atom is -0.457 e. The molecule has 1 rings (SSSR count). The number of aliphatic hydroxyl groups excluding tert-OH is 4. The molecular formula is C48H80O9. The predicted molar refractivity (Wildman–Crippen MR) is 233 cm³/mol. The lowest BCUT2D eigenvalue weighted by Crippen LogP contribution is -2.59. The van der Waals surface area contributed by atoms with E-state index in [-0.39, 0.29) is 19.6 Å². The Morgan fingerprint density at radius 2 is 1.07 bits per heavy atom. The third-order valence-corrected chi connectivity index (χ3v) is 9.56. The first-order valence-corrected chi connectivity index (χ1v) is 22.2. The fourth-order valence-electron chi connectivity index (χ4n) is 6.10. The number of esters is 1. The standard InChI is InChI=1S/C48H80O9/c1-3-5-7-9-11-13-15-17-19-20-21-22-23-25-27-29-31-33-35-37-44(50)56-42(41-55-48-47(53)46(52)45(51)43(39-49)57-48)40-54-38-36-34-32-30-28-26-24-18-16-14-12-10-8-6-4-2/h5,7,11,13,16-19,21-22,25,27,31,33,42-43,45-49,51-53H,3-4,6,8-10,12,14-15,20,23-24,26,28-30,32,34-41H2,1-2H3/b7-5-,13-11-,18-16-,19-17-,22-21-,27-25-,33-31-. The second-order valence-corrected chi connectivity index (χ2v) is 14.8. The normalized spacial score (nSPS) is 21.3. The number of aliphatic hydroxyl groups is 4. The molecule has 0 aromatic rings. The number of allylic oxidation sites excluding steroid dienone is 14. The average Bonchev–Trinajstić information content (AvgIpc) is 3.21. The van der Waals surface area contributed by atoms with E-state index < -0.39 is 49.4 Å². The van der Waals surface area contributed by atoms with Crippen molar-refractivity contribution in [2.45, 2.75) is 185 Å². The number of hydrogen-bond donors (Lipinski definition) is 4. The highest BCUT2D eigenvalue weighted by atomic mass is 16.7. The van der Waals surface area contributed by atoms with Crippen molar-refractivity contribution in [2.24, 2.45) is 0 Å². The maximum absolute atomic E-state index is 12.7. The van der Waals surface area contributed by atoms with Gasteiger partial charge in [-0.2, -0.15) is 0 Å². The van der Waals surface area contributed by atoms with Gasteiger partial charge in [0.15, 0.2) is 6.29 Å². The summed E-state index contributed by atoms with van der Waals surface area (Å²) >= 11 is 0. The van der Waals surface area contributed by atoms with Crippen LogP contribution in [0.2, 0.25) is 0 Å². The maximum atomic E-state index is 12.7. The smallest absolute Gasteiger partial charge is 0.306 e. The summed E-state index contributed by atoms with van der Waals surface area (Å²) in [5, 5.41) is 40.1. The van der Waals surface area contributed by atoms with Crippen LogP contribution in [0.5, 0.6) is 0 Å². The fourth-order valence-corrected chi connectivity index (χ4v) is 6.10. The summed E-state index contributed by atoms with van der Waals surface area (Å²) in [6, 6.07) is 0. The molecule has 1 heterocycles. The third-order valence-electron chi connectivity index (χ3n) is 9.56. The zero-order valence-electron chi connectivity index (χ0n) is 35.6. The van der Waals surface area contributed by atoms with Crippen molar-refractivity contribution < 1.29 is 44.2 Å². The quantitative estimate of drug-likeness (QED) is 0.0278. The first-order valence-electron chi connectivity index (χ1n) is 22.2. The largest absolute Gasteiger partial charge is 0.457 e. The van der Waals surface area contributed by atoms with E-state index in [9.17, 15) is 25.2 Å². The van der Waals surface area contributed by atoms with Crippen LogP contribution >= 0.6 is 0 Å². The molecule has 1 aliphatic heterocycles. The lowest BCUT2D eigenvalue weighted by molar-refractivity contribution is -0.305. The van der Waals surface area contributed by atoms with Crippen LogP contribution in [0.1, 0.15) is 149 Å². The van der Waals surface area contributed by atoms with Crippen molar-refractivity contribution in [2.75, 3.05) is 26.4 Å². The third kappa shape index (κ3) is 30.1. The monoisotopic (exact) mass is 801 g/mol. The van der Waals surface area contributed by atoms with Gasteiger partial charge in [0.2, 0.25) is 0 Å². The van der Waals surface area contributed by atoms with Crippen LogP contribution in [0.3, 0.4) is 0 Å². The first kappa shape index (κ1) is 52.4. The summed E-state index contributed by atoms with van der Waals surface area (Å²) in [5.41, 5.74) is 0. The molecule has 1 fully saturated rings. The number of carbonyl (C=O) groups is 1.